The first kappa shape index (κ1) is 27.5. The minimum absolute atomic E-state index is 0.0341. The van der Waals surface area contributed by atoms with Crippen LogP contribution in [0, 0.1) is 13.8 Å². The Labute approximate surface area is 235 Å². The molecule has 0 saturated carbocycles. The Hall–Kier alpha value is -5.10. The van der Waals surface area contributed by atoms with Crippen molar-refractivity contribution in [3.8, 4) is 11.5 Å². The van der Waals surface area contributed by atoms with E-state index < -0.39 is 28.0 Å². The molecule has 0 radical (unpaired) electrons. The van der Waals surface area contributed by atoms with Gasteiger partial charge in [-0.1, -0.05) is 24.3 Å². The number of esters is 1. The summed E-state index contributed by atoms with van der Waals surface area (Å²) in [5.41, 5.74) is 3.40. The van der Waals surface area contributed by atoms with E-state index in [9.17, 15) is 18.0 Å². The standard InChI is InChI=1S/C29H25N5O6S/c1-17-16-18(2)31-29(30-17)34-41(37,38)21-14-12-20(13-15-21)32-26(35)19(3)39-28(36)23-9-5-4-8-22(23)27-33-24-10-6-7-11-25(24)40-27/h4-16,19H,1-3H3,(H,32,35)(H,30,31,34). The Kier molecular flexibility index (Phi) is 7.49. The van der Waals surface area contributed by atoms with Gasteiger partial charge in [0.05, 0.1) is 16.0 Å². The first-order valence-electron chi connectivity index (χ1n) is 12.5. The van der Waals surface area contributed by atoms with Crippen LogP contribution in [0.2, 0.25) is 0 Å². The molecule has 1 atom stereocenters. The Balaban J connectivity index is 1.24. The zero-order valence-corrected chi connectivity index (χ0v) is 23.1. The highest BCUT2D eigenvalue weighted by molar-refractivity contribution is 7.92. The number of anilines is 2. The number of sulfonamides is 1. The first-order valence-corrected chi connectivity index (χ1v) is 14.0. The minimum Gasteiger partial charge on any atom is -0.449 e. The topological polar surface area (TPSA) is 153 Å². The second kappa shape index (κ2) is 11.2. The van der Waals surface area contributed by atoms with Gasteiger partial charge in [0.15, 0.2) is 11.7 Å². The number of fused-ring (bicyclic) bond motifs is 1. The van der Waals surface area contributed by atoms with Crippen molar-refractivity contribution in [3.05, 3.63) is 95.8 Å². The van der Waals surface area contributed by atoms with E-state index in [1.165, 1.54) is 31.2 Å². The second-order valence-electron chi connectivity index (χ2n) is 9.17. The van der Waals surface area contributed by atoms with E-state index in [4.69, 9.17) is 9.15 Å². The highest BCUT2D eigenvalue weighted by Crippen LogP contribution is 2.28. The van der Waals surface area contributed by atoms with Crippen molar-refractivity contribution in [1.82, 2.24) is 15.0 Å². The number of nitrogens with one attached hydrogen (secondary N) is 2. The monoisotopic (exact) mass is 571 g/mol. The molecule has 208 valence electrons. The normalized spacial score (nSPS) is 12.1. The van der Waals surface area contributed by atoms with Gasteiger partial charge in [0, 0.05) is 17.1 Å². The van der Waals surface area contributed by atoms with Crippen LogP contribution in [0.15, 0.2) is 88.2 Å². The van der Waals surface area contributed by atoms with E-state index in [0.29, 0.717) is 33.7 Å². The van der Waals surface area contributed by atoms with Gasteiger partial charge in [0.1, 0.15) is 5.52 Å². The smallest absolute Gasteiger partial charge is 0.339 e. The molecule has 3 aromatic carbocycles. The van der Waals surface area contributed by atoms with Crippen molar-refractivity contribution >= 4 is 44.6 Å². The molecule has 0 fully saturated rings. The molecule has 0 saturated heterocycles. The van der Waals surface area contributed by atoms with Crippen LogP contribution < -0.4 is 10.0 Å². The molecule has 0 spiro atoms. The van der Waals surface area contributed by atoms with Gasteiger partial charge in [0.2, 0.25) is 11.8 Å². The molecule has 0 aliphatic rings. The average Bonchev–Trinajstić information content (AvgIpc) is 3.37. The number of rotatable bonds is 8. The van der Waals surface area contributed by atoms with E-state index in [1.54, 1.807) is 56.3 Å². The number of benzene rings is 3. The Morgan fingerprint density at radius 3 is 2.24 bits per heavy atom. The van der Waals surface area contributed by atoms with Crippen LogP contribution in [0.4, 0.5) is 11.6 Å². The number of hydrogen-bond acceptors (Lipinski definition) is 9. The number of carbonyl (C=O) groups is 2. The van der Waals surface area contributed by atoms with E-state index in [2.05, 4.69) is 25.0 Å². The quantitative estimate of drug-likeness (QED) is 0.248. The summed E-state index contributed by atoms with van der Waals surface area (Å²) in [5, 5.41) is 2.62. The first-order chi connectivity index (χ1) is 19.6. The van der Waals surface area contributed by atoms with Crippen LogP contribution in [0.1, 0.15) is 28.7 Å². The lowest BCUT2D eigenvalue weighted by Gasteiger charge is -2.15. The summed E-state index contributed by atoms with van der Waals surface area (Å²) in [4.78, 5) is 38.4. The second-order valence-corrected chi connectivity index (χ2v) is 10.9. The van der Waals surface area contributed by atoms with Crippen molar-refractivity contribution in [3.63, 3.8) is 0 Å². The van der Waals surface area contributed by atoms with Crippen LogP contribution >= 0.6 is 0 Å². The molecule has 2 aromatic heterocycles. The molecular formula is C29H25N5O6S. The van der Waals surface area contributed by atoms with Crippen LogP contribution in [0.5, 0.6) is 0 Å². The van der Waals surface area contributed by atoms with Gasteiger partial charge in [-0.25, -0.2) is 32.9 Å². The summed E-state index contributed by atoms with van der Waals surface area (Å²) < 4.78 is 39.1. The third-order valence-corrected chi connectivity index (χ3v) is 7.31. The molecule has 5 aromatic rings. The summed E-state index contributed by atoms with van der Waals surface area (Å²) in [6.45, 7) is 4.90. The summed E-state index contributed by atoms with van der Waals surface area (Å²) in [7, 11) is -3.96. The molecule has 41 heavy (non-hydrogen) atoms. The Morgan fingerprint density at radius 1 is 0.878 bits per heavy atom. The van der Waals surface area contributed by atoms with Gasteiger partial charge in [-0.2, -0.15) is 0 Å². The number of nitrogens with zero attached hydrogens (tertiary/aromatic N) is 3. The number of ether oxygens (including phenoxy) is 1. The summed E-state index contributed by atoms with van der Waals surface area (Å²) >= 11 is 0. The number of amides is 1. The molecule has 2 N–H and O–H groups in total. The molecular weight excluding hydrogens is 546 g/mol. The van der Waals surface area contributed by atoms with Crippen molar-refractivity contribution in [2.75, 3.05) is 10.0 Å². The van der Waals surface area contributed by atoms with E-state index >= 15 is 0 Å². The Bertz CT molecular complexity index is 1820. The molecule has 5 rings (SSSR count). The van der Waals surface area contributed by atoms with Gasteiger partial charge >= 0.3 is 5.97 Å². The highest BCUT2D eigenvalue weighted by atomic mass is 32.2. The maximum atomic E-state index is 13.0. The van der Waals surface area contributed by atoms with Gasteiger partial charge in [0.25, 0.3) is 15.9 Å². The average molecular weight is 572 g/mol. The number of oxazole rings is 1. The van der Waals surface area contributed by atoms with Crippen LogP contribution in [-0.2, 0) is 19.6 Å². The predicted molar refractivity (Wildman–Crippen MR) is 152 cm³/mol. The summed E-state index contributed by atoms with van der Waals surface area (Å²) in [5.74, 6) is -1.11. The largest absolute Gasteiger partial charge is 0.449 e. The molecule has 0 aliphatic carbocycles. The van der Waals surface area contributed by atoms with Crippen molar-refractivity contribution in [1.29, 1.82) is 0 Å². The van der Waals surface area contributed by atoms with Crippen molar-refractivity contribution in [2.24, 2.45) is 0 Å². The van der Waals surface area contributed by atoms with Crippen molar-refractivity contribution in [2.45, 2.75) is 31.8 Å². The SMILES string of the molecule is Cc1cc(C)nc(NS(=O)(=O)c2ccc(NC(=O)C(C)OC(=O)c3ccccc3-c3nc4ccccc4o3)cc2)n1. The fraction of sp³-hybridized carbons (Fsp3) is 0.138. The lowest BCUT2D eigenvalue weighted by Crippen LogP contribution is -2.30. The van der Waals surface area contributed by atoms with E-state index in [0.717, 1.165) is 0 Å². The molecule has 2 heterocycles. The van der Waals surface area contributed by atoms with E-state index in [1.807, 2.05) is 12.1 Å². The lowest BCUT2D eigenvalue weighted by atomic mass is 10.1. The predicted octanol–water partition coefficient (Wildman–Crippen LogP) is 4.89. The molecule has 0 aliphatic heterocycles. The highest BCUT2D eigenvalue weighted by Gasteiger charge is 2.23. The molecule has 0 bridgehead atoms. The Morgan fingerprint density at radius 2 is 1.54 bits per heavy atom. The zero-order chi connectivity index (χ0) is 29.1. The maximum absolute atomic E-state index is 13.0. The molecule has 12 heteroatoms. The lowest BCUT2D eigenvalue weighted by molar-refractivity contribution is -0.123. The van der Waals surface area contributed by atoms with Crippen LogP contribution in [0.3, 0.4) is 0 Å². The summed E-state index contributed by atoms with van der Waals surface area (Å²) in [6, 6.07) is 21.1. The van der Waals surface area contributed by atoms with Gasteiger partial charge < -0.3 is 14.5 Å². The number of aryl methyl sites for hydroxylation is 2. The number of hydrogen-bond donors (Lipinski definition) is 2. The third kappa shape index (κ3) is 6.23. The zero-order valence-electron chi connectivity index (χ0n) is 22.3. The van der Waals surface area contributed by atoms with Gasteiger partial charge in [-0.3, -0.25) is 4.79 Å². The fourth-order valence-electron chi connectivity index (χ4n) is 4.02. The van der Waals surface area contributed by atoms with Gasteiger partial charge in [-0.15, -0.1) is 0 Å². The van der Waals surface area contributed by atoms with Gasteiger partial charge in [-0.05, 0) is 75.4 Å². The number of carbonyl (C=O) groups excluding carboxylic acids is 2. The minimum atomic E-state index is -3.96. The fourth-order valence-corrected chi connectivity index (χ4v) is 4.97. The van der Waals surface area contributed by atoms with Crippen LogP contribution in [0.25, 0.3) is 22.6 Å². The molecule has 1 amide bonds. The van der Waals surface area contributed by atoms with Crippen LogP contribution in [-0.4, -0.2) is 41.4 Å². The number of aromatic nitrogens is 3. The molecule has 11 nitrogen and oxygen atoms in total. The molecule has 1 unspecified atom stereocenters. The maximum Gasteiger partial charge on any atom is 0.339 e. The summed E-state index contributed by atoms with van der Waals surface area (Å²) in [6.07, 6.45) is -1.16. The number of para-hydroxylation sites is 2. The van der Waals surface area contributed by atoms with E-state index in [-0.39, 0.29) is 22.3 Å². The third-order valence-electron chi connectivity index (χ3n) is 5.96. The van der Waals surface area contributed by atoms with Crippen molar-refractivity contribution < 1.29 is 27.2 Å².